The summed E-state index contributed by atoms with van der Waals surface area (Å²) in [5.41, 5.74) is 6.81. The number of rotatable bonds is 9. The predicted molar refractivity (Wildman–Crippen MR) is 101 cm³/mol. The molecule has 0 unspecified atom stereocenters. The van der Waals surface area contributed by atoms with Crippen molar-refractivity contribution in [2.75, 3.05) is 6.54 Å². The Bertz CT molecular complexity index is 395. The zero-order valence-electron chi connectivity index (χ0n) is 12.6. The van der Waals surface area contributed by atoms with Crippen LogP contribution in [-0.4, -0.2) is 17.5 Å². The minimum absolute atomic E-state index is 0. The summed E-state index contributed by atoms with van der Waals surface area (Å²) in [5.74, 6) is 0.494. The highest BCUT2D eigenvalue weighted by atomic mass is 127. The fourth-order valence-corrected chi connectivity index (χ4v) is 1.97. The summed E-state index contributed by atoms with van der Waals surface area (Å²) in [4.78, 5) is 8.27. The van der Waals surface area contributed by atoms with Crippen molar-refractivity contribution in [1.29, 1.82) is 0 Å². The molecule has 0 aliphatic heterocycles. The Morgan fingerprint density at radius 1 is 1.24 bits per heavy atom. The van der Waals surface area contributed by atoms with Crippen LogP contribution in [0.1, 0.15) is 51.0 Å². The second-order valence-corrected chi connectivity index (χ2v) is 5.27. The molecule has 1 heterocycles. The van der Waals surface area contributed by atoms with Crippen LogP contribution in [0.3, 0.4) is 0 Å². The molecular formula is C15H26ClIN4. The largest absolute Gasteiger partial charge is 0.370 e. The Kier molecular flexibility index (Phi) is 12.8. The Morgan fingerprint density at radius 2 is 1.95 bits per heavy atom. The van der Waals surface area contributed by atoms with Crippen molar-refractivity contribution in [3.63, 3.8) is 0 Å². The molecule has 4 nitrogen and oxygen atoms in total. The van der Waals surface area contributed by atoms with E-state index in [2.05, 4.69) is 22.2 Å². The maximum absolute atomic E-state index is 5.81. The van der Waals surface area contributed by atoms with Gasteiger partial charge >= 0.3 is 0 Å². The molecule has 6 heteroatoms. The van der Waals surface area contributed by atoms with Gasteiger partial charge in [0, 0.05) is 12.7 Å². The van der Waals surface area contributed by atoms with Crippen LogP contribution < -0.4 is 11.1 Å². The molecule has 0 spiro atoms. The van der Waals surface area contributed by atoms with E-state index >= 15 is 0 Å². The smallest absolute Gasteiger partial charge is 0.188 e. The normalized spacial score (nSPS) is 11.0. The second-order valence-electron chi connectivity index (χ2n) is 4.89. The number of aliphatic imine (C=N–C) groups is 1. The molecule has 120 valence electrons. The molecule has 0 amide bonds. The second kappa shape index (κ2) is 13.1. The van der Waals surface area contributed by atoms with Crippen LogP contribution in [0.25, 0.3) is 0 Å². The number of nitrogens with zero attached hydrogens (tertiary/aromatic N) is 2. The van der Waals surface area contributed by atoms with Crippen molar-refractivity contribution in [3.05, 3.63) is 29.0 Å². The topological polar surface area (TPSA) is 63.3 Å². The third-order valence-corrected chi connectivity index (χ3v) is 3.28. The number of guanidine groups is 1. The first-order valence-electron chi connectivity index (χ1n) is 7.36. The highest BCUT2D eigenvalue weighted by Crippen LogP contribution is 2.06. The Morgan fingerprint density at radius 3 is 2.62 bits per heavy atom. The summed E-state index contributed by atoms with van der Waals surface area (Å²) in [6.45, 7) is 3.65. The molecule has 0 aliphatic rings. The Labute approximate surface area is 150 Å². The van der Waals surface area contributed by atoms with E-state index in [9.17, 15) is 0 Å². The van der Waals surface area contributed by atoms with Crippen LogP contribution in [0.2, 0.25) is 5.15 Å². The SMILES string of the molecule is CCCCCCCCNC(N)=NCc1ccc(Cl)nc1.I. The summed E-state index contributed by atoms with van der Waals surface area (Å²) < 4.78 is 0. The lowest BCUT2D eigenvalue weighted by Crippen LogP contribution is -2.32. The fourth-order valence-electron chi connectivity index (χ4n) is 1.85. The molecule has 0 saturated heterocycles. The molecule has 0 atom stereocenters. The molecule has 0 aliphatic carbocycles. The van der Waals surface area contributed by atoms with Gasteiger partial charge in [0.05, 0.1) is 6.54 Å². The lowest BCUT2D eigenvalue weighted by molar-refractivity contribution is 0.601. The molecule has 1 aromatic rings. The third kappa shape index (κ3) is 10.8. The van der Waals surface area contributed by atoms with Gasteiger partial charge in [0.2, 0.25) is 0 Å². The number of halogens is 2. The Hall–Kier alpha value is -0.560. The van der Waals surface area contributed by atoms with Gasteiger partial charge in [0.15, 0.2) is 5.96 Å². The van der Waals surface area contributed by atoms with Crippen LogP contribution in [0, 0.1) is 0 Å². The van der Waals surface area contributed by atoms with Crippen LogP contribution in [-0.2, 0) is 6.54 Å². The standard InChI is InChI=1S/C15H25ClN4.HI/c1-2-3-4-5-6-7-10-18-15(17)20-12-13-8-9-14(16)19-11-13;/h8-9,11H,2-7,10,12H2,1H3,(H3,17,18,20);1H. The zero-order chi connectivity index (χ0) is 14.6. The van der Waals surface area contributed by atoms with E-state index in [1.165, 1.54) is 32.1 Å². The number of pyridine rings is 1. The van der Waals surface area contributed by atoms with Gasteiger partial charge in [-0.05, 0) is 18.1 Å². The van der Waals surface area contributed by atoms with Gasteiger partial charge in [-0.1, -0.05) is 56.7 Å². The van der Waals surface area contributed by atoms with E-state index in [1.807, 2.05) is 6.07 Å². The molecule has 1 rings (SSSR count). The number of aromatic nitrogens is 1. The minimum Gasteiger partial charge on any atom is -0.370 e. The molecule has 0 bridgehead atoms. The van der Waals surface area contributed by atoms with E-state index in [4.69, 9.17) is 17.3 Å². The van der Waals surface area contributed by atoms with Crippen molar-refractivity contribution in [2.45, 2.75) is 52.0 Å². The fraction of sp³-hybridized carbons (Fsp3) is 0.600. The molecule has 0 saturated carbocycles. The number of nitrogens with two attached hydrogens (primary N) is 1. The number of hydrogen-bond donors (Lipinski definition) is 2. The lowest BCUT2D eigenvalue weighted by atomic mass is 10.1. The Balaban J connectivity index is 0.00000400. The van der Waals surface area contributed by atoms with E-state index in [0.717, 1.165) is 18.5 Å². The van der Waals surface area contributed by atoms with Gasteiger partial charge in [0.1, 0.15) is 5.15 Å². The van der Waals surface area contributed by atoms with Gasteiger partial charge in [0.25, 0.3) is 0 Å². The lowest BCUT2D eigenvalue weighted by Gasteiger charge is -2.05. The van der Waals surface area contributed by atoms with Gasteiger partial charge in [-0.2, -0.15) is 0 Å². The molecule has 0 aromatic carbocycles. The first-order chi connectivity index (χ1) is 9.72. The first-order valence-corrected chi connectivity index (χ1v) is 7.74. The molecule has 1 aromatic heterocycles. The summed E-state index contributed by atoms with van der Waals surface area (Å²) in [7, 11) is 0. The average molecular weight is 425 g/mol. The highest BCUT2D eigenvalue weighted by molar-refractivity contribution is 14.0. The molecule has 0 fully saturated rings. The van der Waals surface area contributed by atoms with E-state index in [-0.39, 0.29) is 24.0 Å². The summed E-state index contributed by atoms with van der Waals surface area (Å²) >= 11 is 5.72. The quantitative estimate of drug-likeness (QED) is 0.206. The number of nitrogens with one attached hydrogen (secondary N) is 1. The maximum Gasteiger partial charge on any atom is 0.188 e. The summed E-state index contributed by atoms with van der Waals surface area (Å²) in [6.07, 6.45) is 9.38. The van der Waals surface area contributed by atoms with Crippen LogP contribution in [0.4, 0.5) is 0 Å². The monoisotopic (exact) mass is 424 g/mol. The van der Waals surface area contributed by atoms with Gasteiger partial charge in [-0.15, -0.1) is 24.0 Å². The van der Waals surface area contributed by atoms with Crippen molar-refractivity contribution >= 4 is 41.5 Å². The summed E-state index contributed by atoms with van der Waals surface area (Å²) in [6, 6.07) is 3.66. The molecule has 21 heavy (non-hydrogen) atoms. The number of hydrogen-bond acceptors (Lipinski definition) is 2. The zero-order valence-corrected chi connectivity index (χ0v) is 15.7. The highest BCUT2D eigenvalue weighted by Gasteiger charge is 1.95. The van der Waals surface area contributed by atoms with E-state index in [1.54, 1.807) is 12.3 Å². The predicted octanol–water partition coefficient (Wildman–Crippen LogP) is 4.12. The van der Waals surface area contributed by atoms with Gasteiger partial charge in [-0.25, -0.2) is 9.98 Å². The summed E-state index contributed by atoms with van der Waals surface area (Å²) in [5, 5.41) is 3.63. The van der Waals surface area contributed by atoms with Crippen molar-refractivity contribution in [3.8, 4) is 0 Å². The third-order valence-electron chi connectivity index (χ3n) is 3.06. The minimum atomic E-state index is 0. The van der Waals surface area contributed by atoms with Crippen molar-refractivity contribution in [1.82, 2.24) is 10.3 Å². The van der Waals surface area contributed by atoms with Crippen LogP contribution in [0.15, 0.2) is 23.3 Å². The molecular weight excluding hydrogens is 399 g/mol. The van der Waals surface area contributed by atoms with Crippen molar-refractivity contribution < 1.29 is 0 Å². The van der Waals surface area contributed by atoms with Crippen LogP contribution >= 0.6 is 35.6 Å². The maximum atomic E-state index is 5.81. The first kappa shape index (κ1) is 20.4. The van der Waals surface area contributed by atoms with E-state index in [0.29, 0.717) is 17.7 Å². The molecule has 0 radical (unpaired) electrons. The average Bonchev–Trinajstić information content (AvgIpc) is 2.46. The van der Waals surface area contributed by atoms with E-state index < -0.39 is 0 Å². The van der Waals surface area contributed by atoms with Crippen LogP contribution in [0.5, 0.6) is 0 Å². The van der Waals surface area contributed by atoms with Gasteiger partial charge < -0.3 is 11.1 Å². The number of unbranched alkanes of at least 4 members (excludes halogenated alkanes) is 5. The van der Waals surface area contributed by atoms with Crippen molar-refractivity contribution in [2.24, 2.45) is 10.7 Å². The molecule has 3 N–H and O–H groups in total. The van der Waals surface area contributed by atoms with Gasteiger partial charge in [-0.3, -0.25) is 0 Å².